The molecule has 0 saturated heterocycles. The van der Waals surface area contributed by atoms with Crippen molar-refractivity contribution in [3.63, 3.8) is 0 Å². The minimum Gasteiger partial charge on any atom is -1.00 e. The first-order valence-electron chi connectivity index (χ1n) is 7.52. The molecule has 0 aromatic heterocycles. The number of halogens is 3. The maximum absolute atomic E-state index is 6.83. The molecule has 0 spiro atoms. The summed E-state index contributed by atoms with van der Waals surface area (Å²) in [4.78, 5) is 0. The number of fused-ring (bicyclic) bond motifs is 3. The zero-order chi connectivity index (χ0) is 14.2. The normalized spacial score (nSPS) is 15.3. The van der Waals surface area contributed by atoms with Crippen LogP contribution in [0.2, 0.25) is 6.04 Å². The van der Waals surface area contributed by atoms with Crippen LogP contribution in [0.3, 0.4) is 0 Å². The van der Waals surface area contributed by atoms with Gasteiger partial charge in [-0.2, -0.15) is 11.1 Å². The van der Waals surface area contributed by atoms with Crippen LogP contribution >= 0.6 is 11.1 Å². The summed E-state index contributed by atoms with van der Waals surface area (Å²) < 4.78 is 0. The number of allylic oxidation sites excluding steroid dienone is 4. The van der Waals surface area contributed by atoms with Crippen LogP contribution in [-0.2, 0) is 25.8 Å². The average Bonchev–Trinajstić information content (AvgIpc) is 3.15. The maximum atomic E-state index is 6.83. The minimum absolute atomic E-state index is 0. The Bertz CT molecular complexity index is 712. The van der Waals surface area contributed by atoms with Gasteiger partial charge >= 0.3 is 25.8 Å². The maximum Gasteiger partial charge on any atom is 2.00 e. The number of hydrogen-bond acceptors (Lipinski definition) is 0. The van der Waals surface area contributed by atoms with Crippen molar-refractivity contribution < 1.29 is 50.7 Å². The Morgan fingerprint density at radius 1 is 0.917 bits per heavy atom. The fourth-order valence-corrected chi connectivity index (χ4v) is 6.52. The van der Waals surface area contributed by atoms with Crippen LogP contribution in [0.4, 0.5) is 0 Å². The van der Waals surface area contributed by atoms with Crippen molar-refractivity contribution >= 4 is 19.2 Å². The monoisotopic (exact) mass is 558 g/mol. The second-order valence-corrected chi connectivity index (χ2v) is 9.53. The number of benzene rings is 2. The smallest absolute Gasteiger partial charge is 1.00 e. The zero-order valence-corrected chi connectivity index (χ0v) is 20.1. The molecule has 1 atom stereocenters. The van der Waals surface area contributed by atoms with E-state index in [-0.39, 0.29) is 50.7 Å². The first kappa shape index (κ1) is 21.9. The average molecular weight is 558 g/mol. The Labute approximate surface area is 181 Å². The predicted octanol–water partition coefficient (Wildman–Crippen LogP) is -0.807. The first-order chi connectivity index (χ1) is 10.3. The molecule has 24 heavy (non-hydrogen) atoms. The van der Waals surface area contributed by atoms with E-state index in [2.05, 4.69) is 66.8 Å². The summed E-state index contributed by atoms with van der Waals surface area (Å²) in [6, 6.07) is 18.7. The molecule has 0 N–H and O–H groups in total. The van der Waals surface area contributed by atoms with E-state index in [0.29, 0.717) is 5.92 Å². The summed E-state index contributed by atoms with van der Waals surface area (Å²) in [5.74, 6) is 0.480. The van der Waals surface area contributed by atoms with Crippen molar-refractivity contribution in [2.45, 2.75) is 18.4 Å². The van der Waals surface area contributed by atoms with E-state index < -0.39 is 8.11 Å². The second-order valence-electron chi connectivity index (χ2n) is 5.80. The van der Waals surface area contributed by atoms with Crippen LogP contribution in [0.15, 0.2) is 72.0 Å². The third-order valence-electron chi connectivity index (χ3n) is 4.61. The molecule has 0 radical (unpaired) electrons. The van der Waals surface area contributed by atoms with E-state index in [9.17, 15) is 0 Å². The molecule has 0 nitrogen and oxygen atoms in total. The third kappa shape index (κ3) is 3.99. The van der Waals surface area contributed by atoms with Gasteiger partial charge in [-0.05, 0) is 34.7 Å². The molecule has 0 heterocycles. The Morgan fingerprint density at radius 2 is 1.46 bits per heavy atom. The van der Waals surface area contributed by atoms with Gasteiger partial charge in [0.1, 0.15) is 0 Å². The molecule has 1 unspecified atom stereocenters. The topological polar surface area (TPSA) is 0 Å². The summed E-state index contributed by atoms with van der Waals surface area (Å²) in [6.07, 6.45) is 7.66. The Hall–Kier alpha value is -0.123. The summed E-state index contributed by atoms with van der Waals surface area (Å²) in [7, 11) is -1.35. The van der Waals surface area contributed by atoms with Crippen molar-refractivity contribution in [1.29, 1.82) is 0 Å². The van der Waals surface area contributed by atoms with Crippen LogP contribution in [0.1, 0.15) is 23.5 Å². The van der Waals surface area contributed by atoms with E-state index in [4.69, 9.17) is 11.1 Å². The fourth-order valence-electron chi connectivity index (χ4n) is 3.57. The van der Waals surface area contributed by atoms with Gasteiger partial charge in [0.15, 0.2) is 8.11 Å². The van der Waals surface area contributed by atoms with E-state index >= 15 is 0 Å². The molecule has 2 aliphatic rings. The van der Waals surface area contributed by atoms with Crippen LogP contribution in [-0.4, -0.2) is 8.11 Å². The molecule has 0 bridgehead atoms. The molecule has 0 fully saturated rings. The summed E-state index contributed by atoms with van der Waals surface area (Å²) in [5.41, 5.74) is 5.72. The van der Waals surface area contributed by atoms with Gasteiger partial charge in [-0.15, -0.1) is 0 Å². The first-order valence-corrected chi connectivity index (χ1v) is 10.7. The van der Waals surface area contributed by atoms with Crippen LogP contribution in [0.5, 0.6) is 0 Å². The van der Waals surface area contributed by atoms with Gasteiger partial charge < -0.3 is 24.8 Å². The Morgan fingerprint density at radius 3 is 1.96 bits per heavy atom. The molecule has 122 valence electrons. The Balaban J connectivity index is 0.000000960. The quantitative estimate of drug-likeness (QED) is 0.342. The summed E-state index contributed by atoms with van der Waals surface area (Å²) in [5, 5.41) is 1.48. The van der Waals surface area contributed by atoms with E-state index in [1.165, 1.54) is 27.5 Å². The molecular formula is C19H17Cl3HfSi. The molecule has 4 rings (SSSR count). The summed E-state index contributed by atoms with van der Waals surface area (Å²) in [6.45, 7) is 0. The molecule has 0 saturated carbocycles. The zero-order valence-electron chi connectivity index (χ0n) is 13.1. The van der Waals surface area contributed by atoms with Crippen LogP contribution < -0.4 is 24.8 Å². The van der Waals surface area contributed by atoms with Gasteiger partial charge in [-0.1, -0.05) is 72.0 Å². The number of rotatable bonds is 3. The third-order valence-corrected chi connectivity index (χ3v) is 8.10. The molecule has 2 aliphatic carbocycles. The fraction of sp³-hybridized carbons (Fsp3) is 0.158. The van der Waals surface area contributed by atoms with E-state index in [1.807, 2.05) is 0 Å². The number of hydrogen-bond donors (Lipinski definition) is 0. The van der Waals surface area contributed by atoms with Crippen molar-refractivity contribution in [2.24, 2.45) is 0 Å². The van der Waals surface area contributed by atoms with Gasteiger partial charge in [0.05, 0.1) is 0 Å². The minimum atomic E-state index is -1.35. The van der Waals surface area contributed by atoms with Crippen LogP contribution in [0.25, 0.3) is 11.1 Å². The standard InChI is InChI=1S/C19H17ClSi.2ClH.Hf/c20-21(14-7-1-2-8-14)13-19-17-11-5-3-9-15(17)16-10-4-6-12-18(16)19;;;/h1-7,9-12,19,21H,8,13H2;2*1H;/q;;;+2/p-2. The van der Waals surface area contributed by atoms with Crippen molar-refractivity contribution in [3.05, 3.63) is 83.1 Å². The largest absolute Gasteiger partial charge is 2.00 e. The molecule has 2 aromatic rings. The van der Waals surface area contributed by atoms with Gasteiger partial charge in [-0.3, -0.25) is 0 Å². The Kier molecular flexibility index (Phi) is 8.71. The van der Waals surface area contributed by atoms with Crippen LogP contribution in [0, 0.1) is 0 Å². The van der Waals surface area contributed by atoms with E-state index in [1.54, 1.807) is 0 Å². The SMILES string of the molecule is Cl[SiH](CC1c2ccccc2-c2ccccc21)C1=CC=CC1.[Cl-].[Cl-].[Hf+2]. The van der Waals surface area contributed by atoms with Gasteiger partial charge in [0.2, 0.25) is 0 Å². The molecule has 2 aromatic carbocycles. The van der Waals surface area contributed by atoms with Crippen molar-refractivity contribution in [2.75, 3.05) is 0 Å². The predicted molar refractivity (Wildman–Crippen MR) is 93.4 cm³/mol. The van der Waals surface area contributed by atoms with Crippen molar-refractivity contribution in [1.82, 2.24) is 0 Å². The molecule has 0 aliphatic heterocycles. The molecule has 0 amide bonds. The van der Waals surface area contributed by atoms with Gasteiger partial charge in [-0.25, -0.2) is 0 Å². The molecular weight excluding hydrogens is 541 g/mol. The molecule has 5 heteroatoms. The second kappa shape index (κ2) is 9.54. The van der Waals surface area contributed by atoms with Gasteiger partial charge in [0, 0.05) is 5.92 Å². The van der Waals surface area contributed by atoms with E-state index in [0.717, 1.165) is 12.5 Å². The summed E-state index contributed by atoms with van der Waals surface area (Å²) >= 11 is 6.83. The van der Waals surface area contributed by atoms with Crippen molar-refractivity contribution in [3.8, 4) is 11.1 Å². The van der Waals surface area contributed by atoms with Gasteiger partial charge in [0.25, 0.3) is 0 Å².